The predicted octanol–water partition coefficient (Wildman–Crippen LogP) is 0.505. The summed E-state index contributed by atoms with van der Waals surface area (Å²) in [6.45, 7) is 6.39. The number of ether oxygens (including phenoxy) is 1. The summed E-state index contributed by atoms with van der Waals surface area (Å²) in [5.74, 6) is 0.171. The maximum atomic E-state index is 12.4. The average Bonchev–Trinajstić information content (AvgIpc) is 2.09. The van der Waals surface area contributed by atoms with Gasteiger partial charge in [0, 0.05) is 11.6 Å². The SMILES string of the molecule is CC.CCOc1[c-]ccc(F)c1.[CH3-].[K+]. The maximum Gasteiger partial charge on any atom is 1.00 e. The molecule has 0 amide bonds. The van der Waals surface area contributed by atoms with E-state index in [9.17, 15) is 4.39 Å². The molecule has 0 heterocycles. The first-order valence-electron chi connectivity index (χ1n) is 4.13. The van der Waals surface area contributed by atoms with E-state index in [1.165, 1.54) is 18.2 Å². The van der Waals surface area contributed by atoms with Crippen molar-refractivity contribution in [3.05, 3.63) is 37.5 Å². The van der Waals surface area contributed by atoms with Gasteiger partial charge in [0.1, 0.15) is 0 Å². The molecule has 0 N–H and O–H groups in total. The fraction of sp³-hybridized carbons (Fsp3) is 0.364. The Kier molecular flexibility index (Phi) is 19.5. The van der Waals surface area contributed by atoms with Crippen LogP contribution in [0.1, 0.15) is 20.8 Å². The predicted molar refractivity (Wildman–Crippen MR) is 54.2 cm³/mol. The van der Waals surface area contributed by atoms with Crippen molar-refractivity contribution in [2.75, 3.05) is 6.61 Å². The first kappa shape index (κ1) is 20.1. The molecule has 1 aromatic carbocycles. The van der Waals surface area contributed by atoms with Gasteiger partial charge in [0.2, 0.25) is 0 Å². The Balaban J connectivity index is -0.000000284. The van der Waals surface area contributed by atoms with Crippen LogP contribution in [0, 0.1) is 19.3 Å². The van der Waals surface area contributed by atoms with Gasteiger partial charge in [-0.1, -0.05) is 19.9 Å². The third kappa shape index (κ3) is 9.15. The Hall–Kier alpha value is 0.586. The first-order chi connectivity index (χ1) is 5.83. The van der Waals surface area contributed by atoms with Crippen molar-refractivity contribution >= 4 is 0 Å². The molecule has 1 rings (SSSR count). The molecule has 0 saturated carbocycles. The van der Waals surface area contributed by atoms with Crippen molar-refractivity contribution in [2.24, 2.45) is 0 Å². The van der Waals surface area contributed by atoms with Crippen molar-refractivity contribution in [2.45, 2.75) is 20.8 Å². The van der Waals surface area contributed by atoms with Crippen LogP contribution >= 0.6 is 0 Å². The van der Waals surface area contributed by atoms with Crippen LogP contribution in [0.15, 0.2) is 18.2 Å². The second kappa shape index (κ2) is 13.6. The van der Waals surface area contributed by atoms with Crippen LogP contribution in [0.2, 0.25) is 0 Å². The minimum Gasteiger partial charge on any atom is -0.520 e. The molecule has 0 radical (unpaired) electrons. The van der Waals surface area contributed by atoms with Gasteiger partial charge >= 0.3 is 51.4 Å². The summed E-state index contributed by atoms with van der Waals surface area (Å²) in [5.41, 5.74) is 0. The molecule has 14 heavy (non-hydrogen) atoms. The van der Waals surface area contributed by atoms with E-state index in [1.807, 2.05) is 20.8 Å². The number of hydrogen-bond acceptors (Lipinski definition) is 1. The monoisotopic (exact) mass is 223 g/mol. The standard InChI is InChI=1S/C8H8FO.C2H6.CH3.K/c1-2-10-8-5-3-4-7(9)6-8;1-2;;/h3-4,6H,2H2,1H3;1-2H3;1H3;/q-1;;-1;+1. The fourth-order valence-electron chi connectivity index (χ4n) is 0.657. The Morgan fingerprint density at radius 2 is 2.00 bits per heavy atom. The second-order valence-electron chi connectivity index (χ2n) is 1.80. The van der Waals surface area contributed by atoms with Gasteiger partial charge in [-0.25, -0.2) is 4.39 Å². The van der Waals surface area contributed by atoms with Crippen molar-refractivity contribution in [1.82, 2.24) is 0 Å². The van der Waals surface area contributed by atoms with E-state index in [0.29, 0.717) is 12.4 Å². The topological polar surface area (TPSA) is 9.23 Å². The van der Waals surface area contributed by atoms with E-state index < -0.39 is 0 Å². The molecular formula is C11H17FKO-. The molecule has 0 saturated heterocycles. The Morgan fingerprint density at radius 3 is 2.43 bits per heavy atom. The zero-order valence-electron chi connectivity index (χ0n) is 9.73. The minimum atomic E-state index is -0.290. The summed E-state index contributed by atoms with van der Waals surface area (Å²) in [6, 6.07) is 6.89. The normalized spacial score (nSPS) is 7.14. The summed E-state index contributed by atoms with van der Waals surface area (Å²) < 4.78 is 17.4. The first-order valence-corrected chi connectivity index (χ1v) is 4.13. The largest absolute Gasteiger partial charge is 1.00 e. The van der Waals surface area contributed by atoms with E-state index in [4.69, 9.17) is 4.74 Å². The van der Waals surface area contributed by atoms with Crippen molar-refractivity contribution < 1.29 is 60.5 Å². The Morgan fingerprint density at radius 1 is 1.43 bits per heavy atom. The van der Waals surface area contributed by atoms with Gasteiger partial charge in [-0.3, -0.25) is 0 Å². The van der Waals surface area contributed by atoms with Crippen LogP contribution in [-0.2, 0) is 0 Å². The molecule has 1 aromatic rings. The molecule has 0 atom stereocenters. The van der Waals surface area contributed by atoms with Crippen LogP contribution in [0.25, 0.3) is 0 Å². The van der Waals surface area contributed by atoms with Crippen LogP contribution in [0.3, 0.4) is 0 Å². The van der Waals surface area contributed by atoms with Crippen LogP contribution in [0.4, 0.5) is 4.39 Å². The summed E-state index contributed by atoms with van der Waals surface area (Å²) in [6.07, 6.45) is 0. The van der Waals surface area contributed by atoms with Crippen molar-refractivity contribution in [3.63, 3.8) is 0 Å². The number of halogens is 1. The smallest absolute Gasteiger partial charge is 0.520 e. The summed E-state index contributed by atoms with van der Waals surface area (Å²) >= 11 is 0. The molecule has 3 heteroatoms. The molecule has 0 unspecified atom stereocenters. The fourth-order valence-corrected chi connectivity index (χ4v) is 0.657. The van der Waals surface area contributed by atoms with E-state index in [-0.39, 0.29) is 64.6 Å². The zero-order chi connectivity index (χ0) is 9.40. The zero-order valence-corrected chi connectivity index (χ0v) is 12.8. The van der Waals surface area contributed by atoms with Gasteiger partial charge in [-0.05, 0) is 6.92 Å². The molecule has 0 aliphatic heterocycles. The molecule has 0 spiro atoms. The van der Waals surface area contributed by atoms with Gasteiger partial charge in [-0.15, -0.1) is 12.1 Å². The molecular weight excluding hydrogens is 206 g/mol. The molecule has 0 fully saturated rings. The van der Waals surface area contributed by atoms with E-state index in [2.05, 4.69) is 6.07 Å². The van der Waals surface area contributed by atoms with Crippen molar-refractivity contribution in [1.29, 1.82) is 0 Å². The average molecular weight is 223 g/mol. The second-order valence-corrected chi connectivity index (χ2v) is 1.80. The van der Waals surface area contributed by atoms with Gasteiger partial charge in [0.25, 0.3) is 0 Å². The molecule has 0 aliphatic carbocycles. The Bertz CT molecular complexity index is 216. The van der Waals surface area contributed by atoms with Crippen LogP contribution in [0.5, 0.6) is 5.75 Å². The van der Waals surface area contributed by atoms with Crippen LogP contribution < -0.4 is 56.1 Å². The number of rotatable bonds is 2. The number of hydrogen-bond donors (Lipinski definition) is 0. The number of benzene rings is 1. The summed E-state index contributed by atoms with van der Waals surface area (Å²) in [7, 11) is 0. The summed E-state index contributed by atoms with van der Waals surface area (Å²) in [5, 5.41) is 0. The summed E-state index contributed by atoms with van der Waals surface area (Å²) in [4.78, 5) is 0. The van der Waals surface area contributed by atoms with Gasteiger partial charge in [-0.2, -0.15) is 6.07 Å². The van der Waals surface area contributed by atoms with E-state index in [1.54, 1.807) is 0 Å². The van der Waals surface area contributed by atoms with Gasteiger partial charge < -0.3 is 12.2 Å². The minimum absolute atomic E-state index is 0. The quantitative estimate of drug-likeness (QED) is 0.524. The molecule has 0 aliphatic rings. The van der Waals surface area contributed by atoms with E-state index in [0.717, 1.165) is 0 Å². The van der Waals surface area contributed by atoms with Gasteiger partial charge in [0.05, 0.1) is 6.61 Å². The van der Waals surface area contributed by atoms with Gasteiger partial charge in [0.15, 0.2) is 0 Å². The van der Waals surface area contributed by atoms with Crippen molar-refractivity contribution in [3.8, 4) is 5.75 Å². The molecule has 0 aromatic heterocycles. The molecule has 76 valence electrons. The molecule has 0 bridgehead atoms. The van der Waals surface area contributed by atoms with E-state index >= 15 is 0 Å². The third-order valence-electron chi connectivity index (χ3n) is 1.04. The van der Waals surface area contributed by atoms with Crippen LogP contribution in [-0.4, -0.2) is 6.61 Å². The Labute approximate surface area is 129 Å². The maximum absolute atomic E-state index is 12.4. The molecule has 1 nitrogen and oxygen atoms in total. The third-order valence-corrected chi connectivity index (χ3v) is 1.04.